The predicted molar refractivity (Wildman–Crippen MR) is 69.9 cm³/mol. The fraction of sp³-hybridized carbons (Fsp3) is 0.286. The van der Waals surface area contributed by atoms with E-state index in [9.17, 15) is 9.59 Å². The van der Waals surface area contributed by atoms with Crippen molar-refractivity contribution in [3.05, 3.63) is 45.7 Å². The van der Waals surface area contributed by atoms with Gasteiger partial charge in [0.15, 0.2) is 0 Å². The number of aromatic nitrogens is 1. The summed E-state index contributed by atoms with van der Waals surface area (Å²) in [4.78, 5) is 22.8. The molecule has 2 rings (SSSR count). The smallest absolute Gasteiger partial charge is 0.303 e. The van der Waals surface area contributed by atoms with E-state index in [2.05, 4.69) is 0 Å². The maximum absolute atomic E-state index is 12.2. The van der Waals surface area contributed by atoms with Crippen LogP contribution in [0.4, 0.5) is 0 Å². The van der Waals surface area contributed by atoms with Crippen LogP contribution in [0.5, 0.6) is 0 Å². The molecule has 0 saturated heterocycles. The van der Waals surface area contributed by atoms with Gasteiger partial charge in [-0.3, -0.25) is 9.59 Å². The topological polar surface area (TPSA) is 59.3 Å². The van der Waals surface area contributed by atoms with Gasteiger partial charge in [0.25, 0.3) is 5.56 Å². The third kappa shape index (κ3) is 2.01. The second-order valence-electron chi connectivity index (χ2n) is 4.38. The lowest BCUT2D eigenvalue weighted by Gasteiger charge is -2.12. The molecule has 0 amide bonds. The van der Waals surface area contributed by atoms with Crippen molar-refractivity contribution in [2.45, 2.75) is 19.8 Å². The number of nitrogens with zero attached hydrogens (tertiary/aromatic N) is 1. The van der Waals surface area contributed by atoms with Gasteiger partial charge >= 0.3 is 5.97 Å². The molecule has 18 heavy (non-hydrogen) atoms. The van der Waals surface area contributed by atoms with Crippen LogP contribution in [0, 0.1) is 6.92 Å². The molecule has 0 fully saturated rings. The normalized spacial score (nSPS) is 10.8. The van der Waals surface area contributed by atoms with Gasteiger partial charge in [-0.15, -0.1) is 0 Å². The van der Waals surface area contributed by atoms with Crippen LogP contribution in [0.1, 0.15) is 17.5 Å². The third-order valence-electron chi connectivity index (χ3n) is 3.27. The van der Waals surface area contributed by atoms with Crippen LogP contribution in [-0.2, 0) is 18.3 Å². The van der Waals surface area contributed by atoms with Crippen LogP contribution in [-0.4, -0.2) is 15.6 Å². The van der Waals surface area contributed by atoms with Crippen molar-refractivity contribution in [2.75, 3.05) is 0 Å². The van der Waals surface area contributed by atoms with Crippen LogP contribution in [0.3, 0.4) is 0 Å². The molecule has 0 aliphatic carbocycles. The van der Waals surface area contributed by atoms with Crippen molar-refractivity contribution in [3.63, 3.8) is 0 Å². The summed E-state index contributed by atoms with van der Waals surface area (Å²) in [6.07, 6.45) is 0.257. The van der Waals surface area contributed by atoms with E-state index in [4.69, 9.17) is 5.11 Å². The summed E-state index contributed by atoms with van der Waals surface area (Å²) in [5.41, 5.74) is 2.25. The highest BCUT2D eigenvalue weighted by Crippen LogP contribution is 2.19. The van der Waals surface area contributed by atoms with Crippen molar-refractivity contribution >= 4 is 16.9 Å². The fourth-order valence-corrected chi connectivity index (χ4v) is 2.24. The zero-order chi connectivity index (χ0) is 13.3. The van der Waals surface area contributed by atoms with Gasteiger partial charge in [0, 0.05) is 24.4 Å². The maximum atomic E-state index is 12.2. The minimum Gasteiger partial charge on any atom is -0.481 e. The molecule has 0 aliphatic rings. The number of hydrogen-bond donors (Lipinski definition) is 1. The number of hydrogen-bond acceptors (Lipinski definition) is 2. The third-order valence-corrected chi connectivity index (χ3v) is 3.27. The first-order valence-corrected chi connectivity index (χ1v) is 5.81. The maximum Gasteiger partial charge on any atom is 0.303 e. The second-order valence-corrected chi connectivity index (χ2v) is 4.38. The lowest BCUT2D eigenvalue weighted by atomic mass is 10.0. The highest BCUT2D eigenvalue weighted by atomic mass is 16.4. The van der Waals surface area contributed by atoms with E-state index in [-0.39, 0.29) is 18.4 Å². The average Bonchev–Trinajstić information content (AvgIpc) is 2.36. The van der Waals surface area contributed by atoms with Crippen molar-refractivity contribution in [3.8, 4) is 0 Å². The van der Waals surface area contributed by atoms with Crippen LogP contribution in [0.2, 0.25) is 0 Å². The molecular formula is C14H15NO3. The molecule has 0 bridgehead atoms. The quantitative estimate of drug-likeness (QED) is 0.898. The Hall–Kier alpha value is -2.10. The van der Waals surface area contributed by atoms with Crippen LogP contribution in [0.15, 0.2) is 29.1 Å². The molecule has 4 heteroatoms. The molecule has 0 aliphatic heterocycles. The Morgan fingerprint density at radius 3 is 2.67 bits per heavy atom. The Labute approximate surface area is 104 Å². The molecule has 0 spiro atoms. The van der Waals surface area contributed by atoms with Gasteiger partial charge in [-0.25, -0.2) is 0 Å². The molecule has 1 heterocycles. The summed E-state index contributed by atoms with van der Waals surface area (Å²) >= 11 is 0. The zero-order valence-corrected chi connectivity index (χ0v) is 10.4. The molecular weight excluding hydrogens is 230 g/mol. The summed E-state index contributed by atoms with van der Waals surface area (Å²) in [6, 6.07) is 7.65. The van der Waals surface area contributed by atoms with Gasteiger partial charge in [-0.05, 0) is 25.0 Å². The van der Waals surface area contributed by atoms with Crippen LogP contribution < -0.4 is 5.56 Å². The Kier molecular flexibility index (Phi) is 3.19. The Morgan fingerprint density at radius 1 is 1.33 bits per heavy atom. The van der Waals surface area contributed by atoms with Gasteiger partial charge in [0.05, 0.1) is 5.52 Å². The van der Waals surface area contributed by atoms with Gasteiger partial charge < -0.3 is 9.67 Å². The predicted octanol–water partition coefficient (Wildman–Crippen LogP) is 1.86. The van der Waals surface area contributed by atoms with Gasteiger partial charge in [-0.2, -0.15) is 0 Å². The van der Waals surface area contributed by atoms with E-state index in [1.54, 1.807) is 11.6 Å². The first-order chi connectivity index (χ1) is 8.52. The average molecular weight is 245 g/mol. The number of pyridine rings is 1. The Balaban J connectivity index is 2.67. The number of carboxylic acid groups (broad SMARTS) is 1. The monoisotopic (exact) mass is 245 g/mol. The molecule has 1 aromatic heterocycles. The van der Waals surface area contributed by atoms with Crippen LogP contribution >= 0.6 is 0 Å². The second kappa shape index (κ2) is 4.64. The largest absolute Gasteiger partial charge is 0.481 e. The van der Waals surface area contributed by atoms with E-state index in [0.717, 1.165) is 16.5 Å². The lowest BCUT2D eigenvalue weighted by Crippen LogP contribution is -2.23. The van der Waals surface area contributed by atoms with Gasteiger partial charge in [0.1, 0.15) is 0 Å². The number of carboxylic acids is 1. The standard InChI is InChI=1S/C14H15NO3/c1-9-10-5-3-4-6-12(10)15(2)14(18)11(9)7-8-13(16)17/h3-6H,7-8H2,1-2H3,(H,16,17). The highest BCUT2D eigenvalue weighted by Gasteiger charge is 2.12. The van der Waals surface area contributed by atoms with E-state index < -0.39 is 5.97 Å². The van der Waals surface area contributed by atoms with Gasteiger partial charge in [0.2, 0.25) is 0 Å². The summed E-state index contributed by atoms with van der Waals surface area (Å²) in [7, 11) is 1.72. The van der Waals surface area contributed by atoms with Crippen molar-refractivity contribution < 1.29 is 9.90 Å². The van der Waals surface area contributed by atoms with E-state index in [1.807, 2.05) is 31.2 Å². The van der Waals surface area contributed by atoms with E-state index in [1.165, 1.54) is 0 Å². The molecule has 0 radical (unpaired) electrons. The minimum absolute atomic E-state index is 0.0194. The van der Waals surface area contributed by atoms with Crippen molar-refractivity contribution in [1.82, 2.24) is 4.57 Å². The summed E-state index contributed by atoms with van der Waals surface area (Å²) in [6.45, 7) is 1.88. The van der Waals surface area contributed by atoms with Crippen molar-refractivity contribution in [2.24, 2.45) is 7.05 Å². The lowest BCUT2D eigenvalue weighted by molar-refractivity contribution is -0.136. The molecule has 0 saturated carbocycles. The number of fused-ring (bicyclic) bond motifs is 1. The number of benzene rings is 1. The van der Waals surface area contributed by atoms with Gasteiger partial charge in [-0.1, -0.05) is 18.2 Å². The number of rotatable bonds is 3. The van der Waals surface area contributed by atoms with E-state index in [0.29, 0.717) is 5.56 Å². The SMILES string of the molecule is Cc1c(CCC(=O)O)c(=O)n(C)c2ccccc12. The molecule has 94 valence electrons. The fourth-order valence-electron chi connectivity index (χ4n) is 2.24. The molecule has 2 aromatic rings. The first-order valence-electron chi connectivity index (χ1n) is 5.81. The number of aryl methyl sites for hydroxylation is 2. The molecule has 1 aromatic carbocycles. The number of para-hydroxylation sites is 1. The summed E-state index contributed by atoms with van der Waals surface area (Å²) in [5, 5.41) is 9.73. The van der Waals surface area contributed by atoms with Crippen molar-refractivity contribution in [1.29, 1.82) is 0 Å². The molecule has 0 unspecified atom stereocenters. The number of carbonyl (C=O) groups is 1. The summed E-state index contributed by atoms with van der Waals surface area (Å²) < 4.78 is 1.58. The molecule has 4 nitrogen and oxygen atoms in total. The minimum atomic E-state index is -0.885. The van der Waals surface area contributed by atoms with E-state index >= 15 is 0 Å². The zero-order valence-electron chi connectivity index (χ0n) is 10.4. The molecule has 1 N–H and O–H groups in total. The Bertz CT molecular complexity index is 671. The highest BCUT2D eigenvalue weighted by molar-refractivity contribution is 5.83. The Morgan fingerprint density at radius 2 is 2.00 bits per heavy atom. The summed E-state index contributed by atoms with van der Waals surface area (Å²) in [5.74, 6) is -0.885. The first kappa shape index (κ1) is 12.4. The molecule has 0 atom stereocenters. The number of aliphatic carboxylic acids is 1. The van der Waals surface area contributed by atoms with Crippen LogP contribution in [0.25, 0.3) is 10.9 Å².